The Morgan fingerprint density at radius 3 is 2.79 bits per heavy atom. The molecule has 1 aromatic heterocycles. The highest BCUT2D eigenvalue weighted by molar-refractivity contribution is 5.58. The van der Waals surface area contributed by atoms with Crippen LogP contribution in [0, 0.1) is 5.82 Å². The van der Waals surface area contributed by atoms with Gasteiger partial charge >= 0.3 is 0 Å². The first-order chi connectivity index (χ1) is 9.25. The van der Waals surface area contributed by atoms with E-state index in [0.717, 1.165) is 25.7 Å². The molecule has 2 aromatic rings. The van der Waals surface area contributed by atoms with Crippen molar-refractivity contribution >= 4 is 0 Å². The van der Waals surface area contributed by atoms with Crippen molar-refractivity contribution in [3.05, 3.63) is 36.3 Å². The van der Waals surface area contributed by atoms with E-state index in [1.807, 2.05) is 0 Å². The van der Waals surface area contributed by atoms with Gasteiger partial charge < -0.3 is 5.11 Å². The molecule has 1 N–H and O–H groups in total. The highest BCUT2D eigenvalue weighted by atomic mass is 19.1. The fourth-order valence-electron chi connectivity index (χ4n) is 2.63. The minimum atomic E-state index is -0.385. The van der Waals surface area contributed by atoms with E-state index in [0.29, 0.717) is 11.3 Å². The number of halogens is 1. The highest BCUT2D eigenvalue weighted by Gasteiger charge is 2.26. The average molecular weight is 261 g/mol. The van der Waals surface area contributed by atoms with E-state index in [2.05, 4.69) is 10.3 Å². The molecule has 0 unspecified atom stereocenters. The molecular formula is C14H16FN3O. The smallest absolute Gasteiger partial charge is 0.132 e. The number of aromatic nitrogens is 3. The summed E-state index contributed by atoms with van der Waals surface area (Å²) < 4.78 is 15.3. The normalized spacial score (nSPS) is 23.5. The summed E-state index contributed by atoms with van der Waals surface area (Å²) in [6, 6.07) is 6.47. The molecule has 1 heterocycles. The number of aliphatic hydroxyl groups excluding tert-OH is 1. The van der Waals surface area contributed by atoms with Crippen molar-refractivity contribution in [2.45, 2.75) is 37.8 Å². The number of aliphatic hydroxyl groups is 1. The van der Waals surface area contributed by atoms with Crippen LogP contribution in [0.2, 0.25) is 0 Å². The van der Waals surface area contributed by atoms with Crippen LogP contribution in [0.25, 0.3) is 11.3 Å². The van der Waals surface area contributed by atoms with E-state index in [4.69, 9.17) is 0 Å². The van der Waals surface area contributed by atoms with Crippen molar-refractivity contribution in [3.8, 4) is 11.3 Å². The van der Waals surface area contributed by atoms with Crippen molar-refractivity contribution in [2.24, 2.45) is 0 Å². The molecule has 5 heteroatoms. The standard InChI is InChI=1S/C14H16FN3O/c15-11-6-2-1-5-10(11)12-9-18(17-16-12)13-7-3-4-8-14(13)19/h1-2,5-6,9,13-14,19H,3-4,7-8H2/t13-,14+/m0/s1. The Labute approximate surface area is 110 Å². The first-order valence-electron chi connectivity index (χ1n) is 6.60. The molecule has 0 saturated heterocycles. The molecular weight excluding hydrogens is 245 g/mol. The average Bonchev–Trinajstić information content (AvgIpc) is 2.89. The molecule has 0 spiro atoms. The predicted octanol–water partition coefficient (Wildman–Crippen LogP) is 2.56. The van der Waals surface area contributed by atoms with Gasteiger partial charge in [0.25, 0.3) is 0 Å². The van der Waals surface area contributed by atoms with E-state index in [-0.39, 0.29) is 18.0 Å². The van der Waals surface area contributed by atoms with Gasteiger partial charge in [-0.2, -0.15) is 0 Å². The second-order valence-corrected chi connectivity index (χ2v) is 4.98. The summed E-state index contributed by atoms with van der Waals surface area (Å²) in [7, 11) is 0. The van der Waals surface area contributed by atoms with Gasteiger partial charge in [-0.25, -0.2) is 9.07 Å². The maximum absolute atomic E-state index is 13.7. The summed E-state index contributed by atoms with van der Waals surface area (Å²) in [6.45, 7) is 0. The number of benzene rings is 1. The molecule has 4 nitrogen and oxygen atoms in total. The van der Waals surface area contributed by atoms with Crippen LogP contribution in [0.3, 0.4) is 0 Å². The zero-order valence-electron chi connectivity index (χ0n) is 10.5. The summed E-state index contributed by atoms with van der Waals surface area (Å²) in [5.74, 6) is -0.307. The third-order valence-electron chi connectivity index (χ3n) is 3.69. The van der Waals surface area contributed by atoms with Gasteiger partial charge in [0.15, 0.2) is 0 Å². The lowest BCUT2D eigenvalue weighted by Gasteiger charge is -2.27. The van der Waals surface area contributed by atoms with Crippen molar-refractivity contribution in [1.29, 1.82) is 0 Å². The van der Waals surface area contributed by atoms with Gasteiger partial charge in [0, 0.05) is 5.56 Å². The molecule has 1 aliphatic rings. The zero-order valence-corrected chi connectivity index (χ0v) is 10.5. The number of hydrogen-bond donors (Lipinski definition) is 1. The van der Waals surface area contributed by atoms with Crippen LogP contribution in [0.4, 0.5) is 4.39 Å². The molecule has 0 bridgehead atoms. The van der Waals surface area contributed by atoms with E-state index in [9.17, 15) is 9.50 Å². The Balaban J connectivity index is 1.89. The van der Waals surface area contributed by atoms with Crippen molar-refractivity contribution < 1.29 is 9.50 Å². The summed E-state index contributed by atoms with van der Waals surface area (Å²) in [4.78, 5) is 0. The Kier molecular flexibility index (Phi) is 3.29. The lowest BCUT2D eigenvalue weighted by atomic mass is 9.93. The lowest BCUT2D eigenvalue weighted by molar-refractivity contribution is 0.0685. The van der Waals surface area contributed by atoms with Crippen LogP contribution in [-0.4, -0.2) is 26.2 Å². The maximum Gasteiger partial charge on any atom is 0.132 e. The number of nitrogens with zero attached hydrogens (tertiary/aromatic N) is 3. The topological polar surface area (TPSA) is 50.9 Å². The van der Waals surface area contributed by atoms with Crippen molar-refractivity contribution in [1.82, 2.24) is 15.0 Å². The minimum absolute atomic E-state index is 0.0400. The first-order valence-corrected chi connectivity index (χ1v) is 6.60. The molecule has 19 heavy (non-hydrogen) atoms. The van der Waals surface area contributed by atoms with Gasteiger partial charge in [-0.15, -0.1) is 5.10 Å². The second kappa shape index (κ2) is 5.09. The van der Waals surface area contributed by atoms with Crippen molar-refractivity contribution in [3.63, 3.8) is 0 Å². The summed E-state index contributed by atoms with van der Waals surface area (Å²) in [5.41, 5.74) is 0.954. The quantitative estimate of drug-likeness (QED) is 0.904. The number of rotatable bonds is 2. The molecule has 1 aliphatic carbocycles. The number of hydrogen-bond acceptors (Lipinski definition) is 3. The Morgan fingerprint density at radius 2 is 2.00 bits per heavy atom. The monoisotopic (exact) mass is 261 g/mol. The molecule has 0 amide bonds. The molecule has 1 aromatic carbocycles. The van der Waals surface area contributed by atoms with Crippen LogP contribution >= 0.6 is 0 Å². The fraction of sp³-hybridized carbons (Fsp3) is 0.429. The van der Waals surface area contributed by atoms with E-state index >= 15 is 0 Å². The van der Waals surface area contributed by atoms with Crippen LogP contribution < -0.4 is 0 Å². The zero-order chi connectivity index (χ0) is 13.2. The van der Waals surface area contributed by atoms with Gasteiger partial charge in [0.05, 0.1) is 18.3 Å². The lowest BCUT2D eigenvalue weighted by Crippen LogP contribution is -2.27. The van der Waals surface area contributed by atoms with Crippen LogP contribution in [-0.2, 0) is 0 Å². The summed E-state index contributed by atoms with van der Waals surface area (Å²) in [5, 5.41) is 18.1. The summed E-state index contributed by atoms with van der Waals surface area (Å²) >= 11 is 0. The van der Waals surface area contributed by atoms with Gasteiger partial charge in [0.1, 0.15) is 11.5 Å². The van der Waals surface area contributed by atoms with Crippen LogP contribution in [0.5, 0.6) is 0 Å². The van der Waals surface area contributed by atoms with Gasteiger partial charge in [-0.3, -0.25) is 0 Å². The van der Waals surface area contributed by atoms with E-state index in [1.165, 1.54) is 6.07 Å². The SMILES string of the molecule is O[C@@H]1CCCC[C@@H]1n1cc(-c2ccccc2F)nn1. The molecule has 1 saturated carbocycles. The third kappa shape index (κ3) is 2.38. The molecule has 0 aliphatic heterocycles. The first kappa shape index (κ1) is 12.3. The van der Waals surface area contributed by atoms with Gasteiger partial charge in [-0.05, 0) is 25.0 Å². The highest BCUT2D eigenvalue weighted by Crippen LogP contribution is 2.29. The molecule has 0 radical (unpaired) electrons. The van der Waals surface area contributed by atoms with Gasteiger partial charge in [-0.1, -0.05) is 30.2 Å². The second-order valence-electron chi connectivity index (χ2n) is 4.98. The van der Waals surface area contributed by atoms with Gasteiger partial charge in [0.2, 0.25) is 0 Å². The fourth-order valence-corrected chi connectivity index (χ4v) is 2.63. The Morgan fingerprint density at radius 1 is 1.21 bits per heavy atom. The van der Waals surface area contributed by atoms with Crippen LogP contribution in [0.15, 0.2) is 30.5 Å². The largest absolute Gasteiger partial charge is 0.391 e. The molecule has 100 valence electrons. The molecule has 3 rings (SSSR count). The Bertz CT molecular complexity index is 569. The van der Waals surface area contributed by atoms with E-state index in [1.54, 1.807) is 29.1 Å². The van der Waals surface area contributed by atoms with E-state index < -0.39 is 0 Å². The summed E-state index contributed by atoms with van der Waals surface area (Å²) in [6.07, 6.45) is 5.14. The minimum Gasteiger partial charge on any atom is -0.391 e. The van der Waals surface area contributed by atoms with Crippen LogP contribution in [0.1, 0.15) is 31.7 Å². The predicted molar refractivity (Wildman–Crippen MR) is 68.9 cm³/mol. The van der Waals surface area contributed by atoms with Crippen molar-refractivity contribution in [2.75, 3.05) is 0 Å². The Hall–Kier alpha value is -1.75. The molecule has 1 fully saturated rings. The third-order valence-corrected chi connectivity index (χ3v) is 3.69. The molecule has 2 atom stereocenters. The maximum atomic E-state index is 13.7.